The molecule has 2 rings (SSSR count). The number of benzene rings is 2. The van der Waals surface area contributed by atoms with Gasteiger partial charge in [0.1, 0.15) is 0 Å². The van der Waals surface area contributed by atoms with Gasteiger partial charge in [0, 0.05) is 12.2 Å². The molecular weight excluding hydrogens is 264 g/mol. The molecule has 0 bridgehead atoms. The number of aryl methyl sites for hydroxylation is 2. The standard InChI is InChI=1S/C17H20N2S/c1-13-8-9-16(12-14(13)2)19-17(20)18-11-10-15-6-4-3-5-7-15/h3-9,12H,10-11H2,1-2H3,(H2,18,19,20). The Balaban J connectivity index is 1.79. The lowest BCUT2D eigenvalue weighted by molar-refractivity contribution is 0.873. The van der Waals surface area contributed by atoms with E-state index in [1.54, 1.807) is 0 Å². The minimum atomic E-state index is 0.671. The summed E-state index contributed by atoms with van der Waals surface area (Å²) in [7, 11) is 0. The summed E-state index contributed by atoms with van der Waals surface area (Å²) in [5.41, 5.74) is 4.90. The van der Waals surface area contributed by atoms with Gasteiger partial charge in [0.25, 0.3) is 0 Å². The minimum Gasteiger partial charge on any atom is -0.362 e. The lowest BCUT2D eigenvalue weighted by atomic mass is 10.1. The van der Waals surface area contributed by atoms with Crippen LogP contribution in [0, 0.1) is 13.8 Å². The molecule has 0 saturated heterocycles. The number of hydrogen-bond acceptors (Lipinski definition) is 1. The van der Waals surface area contributed by atoms with Crippen molar-refractivity contribution in [1.29, 1.82) is 0 Å². The van der Waals surface area contributed by atoms with E-state index in [2.05, 4.69) is 60.9 Å². The molecule has 104 valence electrons. The van der Waals surface area contributed by atoms with Crippen LogP contribution in [0.3, 0.4) is 0 Å². The van der Waals surface area contributed by atoms with Crippen LogP contribution in [0.25, 0.3) is 0 Å². The normalized spacial score (nSPS) is 10.1. The number of nitrogens with one attached hydrogen (secondary N) is 2. The predicted octanol–water partition coefficient (Wildman–Crippen LogP) is 3.83. The molecule has 0 aliphatic heterocycles. The van der Waals surface area contributed by atoms with Gasteiger partial charge in [-0.15, -0.1) is 0 Å². The molecule has 0 aliphatic rings. The van der Waals surface area contributed by atoms with Gasteiger partial charge in [0.2, 0.25) is 0 Å². The maximum atomic E-state index is 5.31. The van der Waals surface area contributed by atoms with E-state index >= 15 is 0 Å². The summed E-state index contributed by atoms with van der Waals surface area (Å²) in [5.74, 6) is 0. The number of rotatable bonds is 4. The first kappa shape index (κ1) is 14.5. The van der Waals surface area contributed by atoms with Crippen LogP contribution in [0.5, 0.6) is 0 Å². The quantitative estimate of drug-likeness (QED) is 0.834. The van der Waals surface area contributed by atoms with Crippen molar-refractivity contribution in [1.82, 2.24) is 5.32 Å². The van der Waals surface area contributed by atoms with Gasteiger partial charge >= 0.3 is 0 Å². The Morgan fingerprint density at radius 2 is 1.75 bits per heavy atom. The molecule has 3 heteroatoms. The first-order valence-corrected chi connectivity index (χ1v) is 7.22. The van der Waals surface area contributed by atoms with Crippen LogP contribution in [-0.4, -0.2) is 11.7 Å². The fourth-order valence-corrected chi connectivity index (χ4v) is 2.18. The van der Waals surface area contributed by atoms with Crippen molar-refractivity contribution in [2.75, 3.05) is 11.9 Å². The summed E-state index contributed by atoms with van der Waals surface area (Å²) in [4.78, 5) is 0. The Morgan fingerprint density at radius 1 is 1.00 bits per heavy atom. The van der Waals surface area contributed by atoms with E-state index in [9.17, 15) is 0 Å². The largest absolute Gasteiger partial charge is 0.362 e. The number of hydrogen-bond donors (Lipinski definition) is 2. The van der Waals surface area contributed by atoms with E-state index in [-0.39, 0.29) is 0 Å². The second-order valence-corrected chi connectivity index (χ2v) is 5.32. The first-order valence-electron chi connectivity index (χ1n) is 6.81. The molecule has 0 unspecified atom stereocenters. The maximum absolute atomic E-state index is 5.31. The molecule has 0 amide bonds. The Hall–Kier alpha value is -1.87. The van der Waals surface area contributed by atoms with Gasteiger partial charge in [-0.3, -0.25) is 0 Å². The van der Waals surface area contributed by atoms with Crippen molar-refractivity contribution in [3.05, 3.63) is 65.2 Å². The molecule has 2 N–H and O–H groups in total. The zero-order chi connectivity index (χ0) is 14.4. The highest BCUT2D eigenvalue weighted by atomic mass is 32.1. The van der Waals surface area contributed by atoms with Crippen LogP contribution in [0.4, 0.5) is 5.69 Å². The van der Waals surface area contributed by atoms with Gasteiger partial charge in [-0.05, 0) is 61.3 Å². The van der Waals surface area contributed by atoms with Crippen molar-refractivity contribution in [2.24, 2.45) is 0 Å². The third-order valence-electron chi connectivity index (χ3n) is 3.31. The van der Waals surface area contributed by atoms with E-state index in [0.29, 0.717) is 5.11 Å². The fraction of sp³-hybridized carbons (Fsp3) is 0.235. The average molecular weight is 284 g/mol. The summed E-state index contributed by atoms with van der Waals surface area (Å²) in [6, 6.07) is 16.7. The fourth-order valence-electron chi connectivity index (χ4n) is 1.96. The molecule has 20 heavy (non-hydrogen) atoms. The van der Waals surface area contributed by atoms with Gasteiger partial charge in [0.05, 0.1) is 0 Å². The predicted molar refractivity (Wildman–Crippen MR) is 90.3 cm³/mol. The lowest BCUT2D eigenvalue weighted by Gasteiger charge is -2.11. The maximum Gasteiger partial charge on any atom is 0.170 e. The first-order chi connectivity index (χ1) is 9.65. The van der Waals surface area contributed by atoms with Gasteiger partial charge in [-0.1, -0.05) is 36.4 Å². The highest BCUT2D eigenvalue weighted by molar-refractivity contribution is 7.80. The summed E-state index contributed by atoms with van der Waals surface area (Å²) in [5, 5.41) is 7.12. The van der Waals surface area contributed by atoms with Gasteiger partial charge < -0.3 is 10.6 Å². The van der Waals surface area contributed by atoms with E-state index in [1.165, 1.54) is 16.7 Å². The van der Waals surface area contributed by atoms with Gasteiger partial charge in [-0.25, -0.2) is 0 Å². The van der Waals surface area contributed by atoms with E-state index in [0.717, 1.165) is 18.7 Å². The number of thiocarbonyl (C=S) groups is 1. The summed E-state index contributed by atoms with van der Waals surface area (Å²) >= 11 is 5.31. The monoisotopic (exact) mass is 284 g/mol. The highest BCUT2D eigenvalue weighted by Gasteiger charge is 1.99. The van der Waals surface area contributed by atoms with Crippen molar-refractivity contribution in [3.63, 3.8) is 0 Å². The zero-order valence-electron chi connectivity index (χ0n) is 11.9. The topological polar surface area (TPSA) is 24.1 Å². The molecule has 0 heterocycles. The molecule has 2 aromatic carbocycles. The SMILES string of the molecule is Cc1ccc(NC(=S)NCCc2ccccc2)cc1C. The Morgan fingerprint density at radius 3 is 2.45 bits per heavy atom. The molecule has 0 radical (unpaired) electrons. The van der Waals surface area contributed by atoms with Crippen LogP contribution < -0.4 is 10.6 Å². The molecule has 0 spiro atoms. The minimum absolute atomic E-state index is 0.671. The van der Waals surface area contributed by atoms with E-state index < -0.39 is 0 Å². The van der Waals surface area contributed by atoms with Crippen molar-refractivity contribution < 1.29 is 0 Å². The summed E-state index contributed by atoms with van der Waals surface area (Å²) in [6.45, 7) is 5.04. The van der Waals surface area contributed by atoms with E-state index in [1.807, 2.05) is 12.1 Å². The van der Waals surface area contributed by atoms with Crippen LogP contribution in [0.1, 0.15) is 16.7 Å². The van der Waals surface area contributed by atoms with E-state index in [4.69, 9.17) is 12.2 Å². The Kier molecular flexibility index (Phi) is 5.13. The highest BCUT2D eigenvalue weighted by Crippen LogP contribution is 2.13. The van der Waals surface area contributed by atoms with Gasteiger partial charge in [0.15, 0.2) is 5.11 Å². The average Bonchev–Trinajstić information content (AvgIpc) is 2.44. The Labute approximate surface area is 126 Å². The molecule has 2 nitrogen and oxygen atoms in total. The van der Waals surface area contributed by atoms with Crippen molar-refractivity contribution in [2.45, 2.75) is 20.3 Å². The second-order valence-electron chi connectivity index (χ2n) is 4.92. The Bertz CT molecular complexity index is 579. The molecule has 0 fully saturated rings. The van der Waals surface area contributed by atoms with Crippen molar-refractivity contribution in [3.8, 4) is 0 Å². The molecular formula is C17H20N2S. The summed E-state index contributed by atoms with van der Waals surface area (Å²) in [6.07, 6.45) is 0.968. The molecule has 2 aromatic rings. The third-order valence-corrected chi connectivity index (χ3v) is 3.55. The van der Waals surface area contributed by atoms with Crippen LogP contribution in [0.15, 0.2) is 48.5 Å². The number of anilines is 1. The van der Waals surface area contributed by atoms with Crippen LogP contribution >= 0.6 is 12.2 Å². The molecule has 0 atom stereocenters. The second kappa shape index (κ2) is 7.06. The van der Waals surface area contributed by atoms with Crippen LogP contribution in [0.2, 0.25) is 0 Å². The third kappa shape index (κ3) is 4.35. The summed E-state index contributed by atoms with van der Waals surface area (Å²) < 4.78 is 0. The van der Waals surface area contributed by atoms with Gasteiger partial charge in [-0.2, -0.15) is 0 Å². The van der Waals surface area contributed by atoms with Crippen molar-refractivity contribution >= 4 is 23.0 Å². The van der Waals surface area contributed by atoms with Crippen LogP contribution in [-0.2, 0) is 6.42 Å². The molecule has 0 saturated carbocycles. The zero-order valence-corrected chi connectivity index (χ0v) is 12.8. The smallest absolute Gasteiger partial charge is 0.170 e. The molecule has 0 aromatic heterocycles. The lowest BCUT2D eigenvalue weighted by Crippen LogP contribution is -2.30. The molecule has 0 aliphatic carbocycles.